The Hall–Kier alpha value is -1.09. The number of hydrogen-bond acceptors (Lipinski definition) is 3. The number of hydrogen-bond donors (Lipinski definition) is 1. The number of fused-ring (bicyclic) bond motifs is 1. The molecular formula is C18H29N3. The summed E-state index contributed by atoms with van der Waals surface area (Å²) >= 11 is 0. The normalized spacial score (nSPS) is 26.0. The summed E-state index contributed by atoms with van der Waals surface area (Å²) < 4.78 is 0. The van der Waals surface area contributed by atoms with Crippen molar-refractivity contribution in [3.63, 3.8) is 0 Å². The van der Waals surface area contributed by atoms with Gasteiger partial charge in [-0.2, -0.15) is 0 Å². The fraction of sp³-hybridized carbons (Fsp3) is 0.722. The summed E-state index contributed by atoms with van der Waals surface area (Å²) in [7, 11) is 0. The van der Waals surface area contributed by atoms with Gasteiger partial charge in [-0.15, -0.1) is 0 Å². The number of pyridine rings is 1. The van der Waals surface area contributed by atoms with Gasteiger partial charge < -0.3 is 10.2 Å². The van der Waals surface area contributed by atoms with Gasteiger partial charge in [0, 0.05) is 36.9 Å². The van der Waals surface area contributed by atoms with Crippen LogP contribution in [0, 0.1) is 5.92 Å². The number of rotatable bonds is 4. The molecule has 0 aromatic carbocycles. The summed E-state index contributed by atoms with van der Waals surface area (Å²) in [4.78, 5) is 7.39. The molecule has 2 unspecified atom stereocenters. The minimum atomic E-state index is 0.516. The first-order chi connectivity index (χ1) is 10.3. The SMILES string of the molecule is CC(C)NCc1cccnc1N1CCCC2CCCCC21. The summed E-state index contributed by atoms with van der Waals surface area (Å²) in [6, 6.07) is 5.56. The molecule has 3 rings (SSSR count). The Morgan fingerprint density at radius 1 is 1.24 bits per heavy atom. The molecule has 1 aliphatic heterocycles. The lowest BCUT2D eigenvalue weighted by Crippen LogP contribution is -2.47. The van der Waals surface area contributed by atoms with Crippen LogP contribution in [0.1, 0.15) is 57.9 Å². The molecule has 116 valence electrons. The minimum absolute atomic E-state index is 0.516. The fourth-order valence-corrected chi connectivity index (χ4v) is 4.03. The zero-order valence-corrected chi connectivity index (χ0v) is 13.5. The molecule has 1 saturated heterocycles. The van der Waals surface area contributed by atoms with E-state index < -0.39 is 0 Å². The largest absolute Gasteiger partial charge is 0.353 e. The third kappa shape index (κ3) is 3.39. The van der Waals surface area contributed by atoms with Gasteiger partial charge in [0.25, 0.3) is 0 Å². The molecule has 1 aromatic heterocycles. The minimum Gasteiger partial charge on any atom is -0.353 e. The van der Waals surface area contributed by atoms with E-state index in [1.54, 1.807) is 0 Å². The Balaban J connectivity index is 1.81. The lowest BCUT2D eigenvalue weighted by molar-refractivity contribution is 0.242. The van der Waals surface area contributed by atoms with Crippen molar-refractivity contribution in [2.24, 2.45) is 5.92 Å². The van der Waals surface area contributed by atoms with Gasteiger partial charge in [-0.3, -0.25) is 0 Å². The van der Waals surface area contributed by atoms with Gasteiger partial charge in [0.2, 0.25) is 0 Å². The number of anilines is 1. The van der Waals surface area contributed by atoms with Crippen LogP contribution in [0.4, 0.5) is 5.82 Å². The van der Waals surface area contributed by atoms with Crippen molar-refractivity contribution in [1.82, 2.24) is 10.3 Å². The molecule has 3 heteroatoms. The van der Waals surface area contributed by atoms with Gasteiger partial charge in [-0.05, 0) is 37.7 Å². The highest BCUT2D eigenvalue weighted by atomic mass is 15.2. The van der Waals surface area contributed by atoms with Crippen LogP contribution in [0.3, 0.4) is 0 Å². The van der Waals surface area contributed by atoms with Gasteiger partial charge in [-0.25, -0.2) is 4.98 Å². The van der Waals surface area contributed by atoms with E-state index in [4.69, 9.17) is 4.98 Å². The summed E-state index contributed by atoms with van der Waals surface area (Å²) in [6.07, 6.45) is 10.3. The van der Waals surface area contributed by atoms with Crippen LogP contribution >= 0.6 is 0 Å². The molecule has 21 heavy (non-hydrogen) atoms. The van der Waals surface area contributed by atoms with Crippen LogP contribution in [0.25, 0.3) is 0 Å². The van der Waals surface area contributed by atoms with Gasteiger partial charge in [0.15, 0.2) is 0 Å². The number of nitrogens with one attached hydrogen (secondary N) is 1. The third-order valence-corrected chi connectivity index (χ3v) is 5.08. The molecule has 1 saturated carbocycles. The lowest BCUT2D eigenvalue weighted by Gasteiger charge is -2.45. The average Bonchev–Trinajstić information content (AvgIpc) is 2.53. The Morgan fingerprint density at radius 2 is 2.05 bits per heavy atom. The smallest absolute Gasteiger partial charge is 0.133 e. The first-order valence-electron chi connectivity index (χ1n) is 8.69. The average molecular weight is 287 g/mol. The summed E-state index contributed by atoms with van der Waals surface area (Å²) in [5.41, 5.74) is 1.36. The van der Waals surface area contributed by atoms with Crippen LogP contribution in [0.15, 0.2) is 18.3 Å². The first kappa shape index (κ1) is 14.8. The van der Waals surface area contributed by atoms with Crippen molar-refractivity contribution in [3.8, 4) is 0 Å². The van der Waals surface area contributed by atoms with Crippen LogP contribution in [0.5, 0.6) is 0 Å². The van der Waals surface area contributed by atoms with Crippen molar-refractivity contribution in [3.05, 3.63) is 23.9 Å². The van der Waals surface area contributed by atoms with Crippen LogP contribution in [-0.4, -0.2) is 23.6 Å². The molecule has 2 atom stereocenters. The summed E-state index contributed by atoms with van der Waals surface area (Å²) in [5.74, 6) is 2.14. The van der Waals surface area contributed by atoms with E-state index in [-0.39, 0.29) is 0 Å². The van der Waals surface area contributed by atoms with Crippen molar-refractivity contribution < 1.29 is 0 Å². The second kappa shape index (κ2) is 6.78. The van der Waals surface area contributed by atoms with Crippen molar-refractivity contribution in [2.75, 3.05) is 11.4 Å². The highest BCUT2D eigenvalue weighted by Crippen LogP contribution is 2.37. The molecular weight excluding hydrogens is 258 g/mol. The number of nitrogens with zero attached hydrogens (tertiary/aromatic N) is 2. The molecule has 2 aliphatic rings. The monoisotopic (exact) mass is 287 g/mol. The van der Waals surface area contributed by atoms with E-state index in [2.05, 4.69) is 36.2 Å². The standard InChI is InChI=1S/C18H29N3/c1-14(2)20-13-16-8-5-11-19-18(16)21-12-6-9-15-7-3-4-10-17(15)21/h5,8,11,14-15,17,20H,3-4,6-7,9-10,12-13H2,1-2H3. The van der Waals surface area contributed by atoms with Crippen molar-refractivity contribution in [2.45, 2.75) is 71.0 Å². The highest BCUT2D eigenvalue weighted by Gasteiger charge is 2.34. The van der Waals surface area contributed by atoms with E-state index in [9.17, 15) is 0 Å². The molecule has 1 aromatic rings. The van der Waals surface area contributed by atoms with E-state index in [1.165, 1.54) is 56.5 Å². The Labute approximate surface area is 129 Å². The predicted octanol–water partition coefficient (Wildman–Crippen LogP) is 3.74. The maximum absolute atomic E-state index is 4.76. The third-order valence-electron chi connectivity index (χ3n) is 5.08. The van der Waals surface area contributed by atoms with Crippen LogP contribution < -0.4 is 10.2 Å². The number of aromatic nitrogens is 1. The van der Waals surface area contributed by atoms with Gasteiger partial charge in [0.1, 0.15) is 5.82 Å². The molecule has 0 radical (unpaired) electrons. The molecule has 0 spiro atoms. The first-order valence-corrected chi connectivity index (χ1v) is 8.69. The molecule has 0 bridgehead atoms. The molecule has 1 aliphatic carbocycles. The van der Waals surface area contributed by atoms with E-state index >= 15 is 0 Å². The van der Waals surface area contributed by atoms with Gasteiger partial charge in [-0.1, -0.05) is 32.8 Å². The van der Waals surface area contributed by atoms with Crippen LogP contribution in [0.2, 0.25) is 0 Å². The van der Waals surface area contributed by atoms with Gasteiger partial charge in [0.05, 0.1) is 0 Å². The van der Waals surface area contributed by atoms with Gasteiger partial charge >= 0.3 is 0 Å². The van der Waals surface area contributed by atoms with Crippen molar-refractivity contribution >= 4 is 5.82 Å². The molecule has 1 N–H and O–H groups in total. The molecule has 2 fully saturated rings. The lowest BCUT2D eigenvalue weighted by atomic mass is 9.78. The van der Waals surface area contributed by atoms with E-state index in [0.717, 1.165) is 18.5 Å². The van der Waals surface area contributed by atoms with E-state index in [1.807, 2.05) is 6.20 Å². The van der Waals surface area contributed by atoms with E-state index in [0.29, 0.717) is 6.04 Å². The fourth-order valence-electron chi connectivity index (χ4n) is 4.03. The second-order valence-corrected chi connectivity index (χ2v) is 6.97. The maximum Gasteiger partial charge on any atom is 0.133 e. The molecule has 0 amide bonds. The Bertz CT molecular complexity index is 456. The maximum atomic E-state index is 4.76. The number of piperidine rings is 1. The molecule has 3 nitrogen and oxygen atoms in total. The summed E-state index contributed by atoms with van der Waals surface area (Å²) in [6.45, 7) is 6.52. The Kier molecular flexibility index (Phi) is 4.79. The Morgan fingerprint density at radius 3 is 2.90 bits per heavy atom. The summed E-state index contributed by atoms with van der Waals surface area (Å²) in [5, 5.41) is 3.55. The second-order valence-electron chi connectivity index (χ2n) is 6.97. The quantitative estimate of drug-likeness (QED) is 0.914. The zero-order valence-electron chi connectivity index (χ0n) is 13.5. The topological polar surface area (TPSA) is 28.2 Å². The van der Waals surface area contributed by atoms with Crippen molar-refractivity contribution in [1.29, 1.82) is 0 Å². The highest BCUT2D eigenvalue weighted by molar-refractivity contribution is 5.48. The molecule has 2 heterocycles. The predicted molar refractivity (Wildman–Crippen MR) is 88.5 cm³/mol. The van der Waals surface area contributed by atoms with Crippen LogP contribution in [-0.2, 0) is 6.54 Å². The zero-order chi connectivity index (χ0) is 14.7.